The maximum absolute atomic E-state index is 11.2. The summed E-state index contributed by atoms with van der Waals surface area (Å²) < 4.78 is 0. The molecule has 18 heavy (non-hydrogen) atoms. The van der Waals surface area contributed by atoms with Crippen LogP contribution in [0.5, 0.6) is 0 Å². The van der Waals surface area contributed by atoms with Gasteiger partial charge in [0, 0.05) is 0 Å². The van der Waals surface area contributed by atoms with Crippen LogP contribution in [0.3, 0.4) is 0 Å². The Morgan fingerprint density at radius 2 is 1.67 bits per heavy atom. The van der Waals surface area contributed by atoms with E-state index in [9.17, 15) is 4.79 Å². The largest absolute Gasteiger partial charge is 0.477 e. The zero-order valence-electron chi connectivity index (χ0n) is 10.4. The van der Waals surface area contributed by atoms with Crippen LogP contribution in [0, 0.1) is 0 Å². The van der Waals surface area contributed by atoms with Gasteiger partial charge < -0.3 is 5.11 Å². The second-order valence-corrected chi connectivity index (χ2v) is 4.81. The van der Waals surface area contributed by atoms with Gasteiger partial charge in [0.15, 0.2) is 6.10 Å². The van der Waals surface area contributed by atoms with Gasteiger partial charge in [-0.25, -0.2) is 14.6 Å². The molecule has 2 aliphatic rings. The molecule has 0 amide bonds. The first-order valence-corrected chi connectivity index (χ1v) is 6.64. The minimum Gasteiger partial charge on any atom is -0.477 e. The minimum atomic E-state index is -1.77. The predicted octanol–water partition coefficient (Wildman–Crippen LogP) is 2.18. The summed E-state index contributed by atoms with van der Waals surface area (Å²) in [6.45, 7) is 0.380. The highest BCUT2D eigenvalue weighted by Gasteiger charge is 2.61. The van der Waals surface area contributed by atoms with Crippen molar-refractivity contribution in [2.75, 3.05) is 6.61 Å². The second-order valence-electron chi connectivity index (χ2n) is 4.81. The van der Waals surface area contributed by atoms with Gasteiger partial charge in [0.1, 0.15) is 0 Å². The number of hydrogen-bond donors (Lipinski definition) is 1. The highest BCUT2D eigenvalue weighted by Crippen LogP contribution is 2.36. The SMILES string of the molecule is O=C(O)C12OOCCCCCCCCCC1OO2. The van der Waals surface area contributed by atoms with E-state index < -0.39 is 17.9 Å². The smallest absolute Gasteiger partial charge is 0.373 e. The first-order chi connectivity index (χ1) is 8.76. The molecule has 0 aliphatic carbocycles. The number of hydrogen-bond acceptors (Lipinski definition) is 5. The van der Waals surface area contributed by atoms with E-state index in [1.165, 1.54) is 19.3 Å². The Bertz CT molecular complexity index is 282. The summed E-state index contributed by atoms with van der Waals surface area (Å²) in [5.41, 5.74) is 0. The van der Waals surface area contributed by atoms with Gasteiger partial charge in [-0.05, 0) is 12.8 Å². The van der Waals surface area contributed by atoms with E-state index in [1.54, 1.807) is 0 Å². The Hall–Kier alpha value is -0.690. The minimum absolute atomic E-state index is 0.380. The molecule has 0 aromatic carbocycles. The molecule has 2 unspecified atom stereocenters. The summed E-state index contributed by atoms with van der Waals surface area (Å²) in [5, 5.41) is 9.17. The molecule has 2 atom stereocenters. The van der Waals surface area contributed by atoms with Gasteiger partial charge in [-0.2, -0.15) is 9.78 Å². The average Bonchev–Trinajstić information content (AvgIpc) is 2.33. The van der Waals surface area contributed by atoms with Crippen LogP contribution in [0.4, 0.5) is 0 Å². The van der Waals surface area contributed by atoms with Crippen LogP contribution >= 0.6 is 0 Å². The van der Waals surface area contributed by atoms with Crippen LogP contribution in [-0.4, -0.2) is 29.6 Å². The molecular weight excluding hydrogens is 240 g/mol. The number of carbonyl (C=O) groups is 1. The van der Waals surface area contributed by atoms with Crippen molar-refractivity contribution in [1.82, 2.24) is 0 Å². The van der Waals surface area contributed by atoms with Crippen molar-refractivity contribution in [3.05, 3.63) is 0 Å². The van der Waals surface area contributed by atoms with Crippen molar-refractivity contribution in [1.29, 1.82) is 0 Å². The standard InChI is InChI=1S/C12H20O6/c13-11(14)12-10(16-18-12)8-6-4-2-1-3-5-7-9-15-17-12/h10H,1-9H2,(H,13,14). The lowest BCUT2D eigenvalue weighted by Gasteiger charge is -2.41. The Morgan fingerprint density at radius 1 is 1.00 bits per heavy atom. The van der Waals surface area contributed by atoms with Crippen molar-refractivity contribution in [2.45, 2.75) is 63.3 Å². The zero-order chi connectivity index (χ0) is 12.8. The number of aliphatic carboxylic acids is 1. The molecule has 2 aliphatic heterocycles. The van der Waals surface area contributed by atoms with Crippen LogP contribution in [-0.2, 0) is 24.3 Å². The Morgan fingerprint density at radius 3 is 2.28 bits per heavy atom. The Kier molecular flexibility index (Phi) is 4.94. The summed E-state index contributed by atoms with van der Waals surface area (Å²) >= 11 is 0. The molecule has 0 aromatic heterocycles. The third-order valence-corrected chi connectivity index (χ3v) is 3.39. The van der Waals surface area contributed by atoms with Crippen molar-refractivity contribution < 1.29 is 29.5 Å². The fourth-order valence-corrected chi connectivity index (χ4v) is 2.22. The topological polar surface area (TPSA) is 74.2 Å². The van der Waals surface area contributed by atoms with E-state index in [4.69, 9.17) is 19.8 Å². The van der Waals surface area contributed by atoms with E-state index in [0.717, 1.165) is 25.7 Å². The molecule has 0 aromatic rings. The molecule has 6 nitrogen and oxygen atoms in total. The van der Waals surface area contributed by atoms with Crippen LogP contribution < -0.4 is 0 Å². The Balaban J connectivity index is 1.92. The number of rotatable bonds is 1. The van der Waals surface area contributed by atoms with E-state index in [0.29, 0.717) is 13.0 Å². The lowest BCUT2D eigenvalue weighted by Crippen LogP contribution is -2.63. The van der Waals surface area contributed by atoms with E-state index in [1.807, 2.05) is 0 Å². The number of fused-ring (bicyclic) bond motifs is 1. The molecule has 2 fully saturated rings. The summed E-state index contributed by atoms with van der Waals surface area (Å²) in [7, 11) is 0. The van der Waals surface area contributed by atoms with E-state index in [2.05, 4.69) is 4.89 Å². The Labute approximate surface area is 106 Å². The maximum atomic E-state index is 11.2. The van der Waals surface area contributed by atoms with Crippen LogP contribution in [0.2, 0.25) is 0 Å². The van der Waals surface area contributed by atoms with Crippen LogP contribution in [0.1, 0.15) is 51.4 Å². The molecule has 0 radical (unpaired) electrons. The average molecular weight is 260 g/mol. The van der Waals surface area contributed by atoms with Crippen LogP contribution in [0.15, 0.2) is 0 Å². The van der Waals surface area contributed by atoms with Crippen LogP contribution in [0.25, 0.3) is 0 Å². The molecule has 2 saturated heterocycles. The summed E-state index contributed by atoms with van der Waals surface area (Å²) in [5.74, 6) is -2.97. The molecule has 6 heteroatoms. The second kappa shape index (κ2) is 6.47. The van der Waals surface area contributed by atoms with Crippen molar-refractivity contribution in [2.24, 2.45) is 0 Å². The molecule has 104 valence electrons. The zero-order valence-corrected chi connectivity index (χ0v) is 10.4. The molecule has 0 bridgehead atoms. The monoisotopic (exact) mass is 260 g/mol. The number of carboxylic acid groups (broad SMARTS) is 1. The highest BCUT2D eigenvalue weighted by molar-refractivity contribution is 5.77. The van der Waals surface area contributed by atoms with Gasteiger partial charge >= 0.3 is 11.8 Å². The lowest BCUT2D eigenvalue weighted by atomic mass is 10.0. The first kappa shape index (κ1) is 13.7. The summed E-state index contributed by atoms with van der Waals surface area (Å²) in [4.78, 5) is 30.7. The summed E-state index contributed by atoms with van der Waals surface area (Å²) in [6, 6.07) is 0. The normalized spacial score (nSPS) is 35.2. The van der Waals surface area contributed by atoms with Crippen molar-refractivity contribution in [3.8, 4) is 0 Å². The van der Waals surface area contributed by atoms with Gasteiger partial charge in [0.25, 0.3) is 0 Å². The molecule has 2 rings (SSSR count). The summed E-state index contributed by atoms with van der Waals surface area (Å²) in [6.07, 6.45) is 7.52. The molecule has 0 spiro atoms. The van der Waals surface area contributed by atoms with Crippen molar-refractivity contribution in [3.63, 3.8) is 0 Å². The first-order valence-electron chi connectivity index (χ1n) is 6.64. The fourth-order valence-electron chi connectivity index (χ4n) is 2.22. The molecule has 2 heterocycles. The van der Waals surface area contributed by atoms with Gasteiger partial charge in [-0.3, -0.25) is 0 Å². The van der Waals surface area contributed by atoms with E-state index in [-0.39, 0.29) is 0 Å². The van der Waals surface area contributed by atoms with Crippen molar-refractivity contribution >= 4 is 5.97 Å². The third-order valence-electron chi connectivity index (χ3n) is 3.39. The maximum Gasteiger partial charge on any atom is 0.373 e. The highest BCUT2D eigenvalue weighted by atomic mass is 17.4. The molecule has 0 saturated carbocycles. The van der Waals surface area contributed by atoms with Gasteiger partial charge in [-0.1, -0.05) is 38.5 Å². The number of carboxylic acids is 1. The third kappa shape index (κ3) is 3.00. The predicted molar refractivity (Wildman–Crippen MR) is 60.3 cm³/mol. The quantitative estimate of drug-likeness (QED) is 0.728. The van der Waals surface area contributed by atoms with Gasteiger partial charge in [-0.15, -0.1) is 0 Å². The lowest BCUT2D eigenvalue weighted by molar-refractivity contribution is -0.607. The fraction of sp³-hybridized carbons (Fsp3) is 0.917. The van der Waals surface area contributed by atoms with E-state index >= 15 is 0 Å². The molecular formula is C12H20O6. The molecule has 1 N–H and O–H groups in total. The van der Waals surface area contributed by atoms with Gasteiger partial charge in [0.2, 0.25) is 0 Å². The van der Waals surface area contributed by atoms with Gasteiger partial charge in [0.05, 0.1) is 6.61 Å².